The number of nitrogens with zero attached hydrogens (tertiary/aromatic N) is 1. The molecule has 0 radical (unpaired) electrons. The van der Waals surface area contributed by atoms with Crippen molar-refractivity contribution in [2.75, 3.05) is 18.4 Å². The fourth-order valence-electron chi connectivity index (χ4n) is 3.65. The molecule has 2 aromatic rings. The zero-order valence-corrected chi connectivity index (χ0v) is 20.5. The summed E-state index contributed by atoms with van der Waals surface area (Å²) in [5.41, 5.74) is 4.29. The van der Waals surface area contributed by atoms with Gasteiger partial charge in [-0.05, 0) is 49.7 Å². The third kappa shape index (κ3) is 6.14. The fraction of sp³-hybridized carbons (Fsp3) is 0.167. The molecule has 0 atom stereocenters. The van der Waals surface area contributed by atoms with Gasteiger partial charge in [0.2, 0.25) is 0 Å². The van der Waals surface area contributed by atoms with E-state index < -0.39 is 22.7 Å². The van der Waals surface area contributed by atoms with Gasteiger partial charge in [-0.1, -0.05) is 18.2 Å². The third-order valence-corrected chi connectivity index (χ3v) is 4.85. The summed E-state index contributed by atoms with van der Waals surface area (Å²) >= 11 is -5.52. The van der Waals surface area contributed by atoms with E-state index in [1.165, 1.54) is 0 Å². The molecule has 4 rings (SSSR count). The van der Waals surface area contributed by atoms with E-state index in [1.807, 2.05) is 62.4 Å². The number of hydrogen-bond acceptors (Lipinski definition) is 6. The van der Waals surface area contributed by atoms with E-state index >= 15 is 0 Å². The van der Waals surface area contributed by atoms with Crippen molar-refractivity contribution >= 4 is 22.6 Å². The maximum absolute atomic E-state index is 11.9. The first-order chi connectivity index (χ1) is 16.1. The molecule has 2 aliphatic rings. The quantitative estimate of drug-likeness (QED) is 0.217. The van der Waals surface area contributed by atoms with Crippen LogP contribution in [-0.4, -0.2) is 31.7 Å². The summed E-state index contributed by atoms with van der Waals surface area (Å²) in [5.74, 6) is -0.277. The van der Waals surface area contributed by atoms with E-state index in [9.17, 15) is 9.90 Å². The molecule has 1 aliphatic heterocycles. The van der Waals surface area contributed by atoms with Gasteiger partial charge < -0.3 is 14.8 Å². The minimum absolute atomic E-state index is 0.263. The van der Waals surface area contributed by atoms with Gasteiger partial charge in [-0.25, -0.2) is 4.79 Å². The van der Waals surface area contributed by atoms with E-state index in [0.717, 1.165) is 34.1 Å². The topological polar surface area (TPSA) is 149 Å². The van der Waals surface area contributed by atoms with Gasteiger partial charge >= 0.3 is 37.0 Å². The van der Waals surface area contributed by atoms with Crippen molar-refractivity contribution in [3.8, 4) is 22.5 Å². The second kappa shape index (κ2) is 10.7. The van der Waals surface area contributed by atoms with Crippen molar-refractivity contribution in [3.05, 3.63) is 71.6 Å². The molecular weight excluding hydrogens is 524 g/mol. The number of fused-ring (bicyclic) bond motifs is 2. The second-order valence-corrected chi connectivity index (χ2v) is 9.37. The number of anilines is 1. The van der Waals surface area contributed by atoms with Crippen molar-refractivity contribution in [1.82, 2.24) is 0 Å². The van der Waals surface area contributed by atoms with Gasteiger partial charge in [0.05, 0.1) is 10.9 Å². The van der Waals surface area contributed by atoms with Crippen molar-refractivity contribution in [2.24, 2.45) is 4.99 Å². The Morgan fingerprint density at radius 1 is 1.00 bits per heavy atom. The molecule has 0 bridgehead atoms. The van der Waals surface area contributed by atoms with E-state index in [2.05, 4.69) is 10.3 Å². The Morgan fingerprint density at radius 3 is 2.35 bits per heavy atom. The van der Waals surface area contributed by atoms with Gasteiger partial charge in [-0.15, -0.1) is 0 Å². The molecule has 178 valence electrons. The molecule has 1 heterocycles. The molecular formula is C24H24MoN2O7. The van der Waals surface area contributed by atoms with Crippen LogP contribution in [0.2, 0.25) is 0 Å². The standard InChI is InChI=1S/C24H22N2O3.Mo.2H2O.2O/c1-3-25-15-9-11-19-21(13-15)29-22-14-16(26-4-2)10-12-20(22)23(19)17-7-5-6-8-18(17)24(27)28;;;;;/h5-14,25H,3-4H2,1-2H3,(H,27,28);;2*1H2;;/q;+2;;;;/p-2. The van der Waals surface area contributed by atoms with Gasteiger partial charge in [-0.2, -0.15) is 0 Å². The monoisotopic (exact) mass is 550 g/mol. The van der Waals surface area contributed by atoms with Crippen LogP contribution in [0.1, 0.15) is 24.2 Å². The SMILES string of the molecule is CCN=c1ccc2c(-c3ccccc3C(=O)O)c3ccc(NCC)cc3oc-2c1.[O]=[Mo](=[O])([OH])[OH]. The Kier molecular flexibility index (Phi) is 7.94. The number of carboxylic acid groups (broad SMARTS) is 1. The van der Waals surface area contributed by atoms with Crippen LogP contribution in [0.15, 0.2) is 70.1 Å². The van der Waals surface area contributed by atoms with E-state index in [0.29, 0.717) is 23.5 Å². The molecule has 1 aliphatic carbocycles. The number of benzene rings is 3. The molecule has 0 aromatic heterocycles. The van der Waals surface area contributed by atoms with E-state index in [-0.39, 0.29) is 5.56 Å². The number of carbonyl (C=O) groups is 1. The van der Waals surface area contributed by atoms with Gasteiger partial charge in [0.1, 0.15) is 11.3 Å². The van der Waals surface area contributed by atoms with Crippen LogP contribution in [-0.2, 0) is 23.5 Å². The predicted molar refractivity (Wildman–Crippen MR) is 121 cm³/mol. The van der Waals surface area contributed by atoms with E-state index in [4.69, 9.17) is 18.7 Å². The number of hydrogen-bond donors (Lipinski definition) is 4. The number of rotatable bonds is 5. The summed E-state index contributed by atoms with van der Waals surface area (Å²) in [5, 5.41) is 14.8. The fourth-order valence-corrected chi connectivity index (χ4v) is 3.65. The zero-order chi connectivity index (χ0) is 24.9. The molecule has 4 N–H and O–H groups in total. The Morgan fingerprint density at radius 2 is 1.71 bits per heavy atom. The van der Waals surface area contributed by atoms with Crippen molar-refractivity contribution in [1.29, 1.82) is 0 Å². The Balaban J connectivity index is 0.000000588. The molecule has 2 aromatic carbocycles. The second-order valence-electron chi connectivity index (χ2n) is 7.17. The Labute approximate surface area is 199 Å². The van der Waals surface area contributed by atoms with Crippen LogP contribution in [0.3, 0.4) is 0 Å². The van der Waals surface area contributed by atoms with Crippen LogP contribution >= 0.6 is 0 Å². The summed E-state index contributed by atoms with van der Waals surface area (Å²) < 4.78 is 38.2. The van der Waals surface area contributed by atoms with Crippen LogP contribution in [0.5, 0.6) is 0 Å². The average molecular weight is 548 g/mol. The molecule has 0 saturated carbocycles. The number of aromatic carboxylic acids is 1. The average Bonchev–Trinajstić information content (AvgIpc) is 2.76. The molecule has 34 heavy (non-hydrogen) atoms. The maximum atomic E-state index is 11.9. The summed E-state index contributed by atoms with van der Waals surface area (Å²) in [4.78, 5) is 16.4. The first-order valence-electron chi connectivity index (χ1n) is 10.4. The molecule has 0 unspecified atom stereocenters. The van der Waals surface area contributed by atoms with Crippen molar-refractivity contribution < 1.29 is 45.4 Å². The van der Waals surface area contributed by atoms with Crippen LogP contribution in [0.25, 0.3) is 33.4 Å². The summed E-state index contributed by atoms with van der Waals surface area (Å²) in [6.45, 7) is 5.50. The molecule has 0 amide bonds. The molecule has 9 nitrogen and oxygen atoms in total. The summed E-state index contributed by atoms with van der Waals surface area (Å²) in [7, 11) is 0. The first kappa shape index (κ1) is 25.2. The predicted octanol–water partition coefficient (Wildman–Crippen LogP) is 3.90. The number of nitrogens with one attached hydrogen (secondary N) is 1. The first-order valence-corrected chi connectivity index (χ1v) is 13.8. The van der Waals surface area contributed by atoms with Gasteiger partial charge in [0.15, 0.2) is 0 Å². The van der Waals surface area contributed by atoms with Gasteiger partial charge in [-0.3, -0.25) is 4.99 Å². The molecule has 0 spiro atoms. The molecule has 0 saturated heterocycles. The minimum atomic E-state index is -5.52. The van der Waals surface area contributed by atoms with Gasteiger partial charge in [0, 0.05) is 47.4 Å². The summed E-state index contributed by atoms with van der Waals surface area (Å²) in [6, 6.07) is 18.8. The van der Waals surface area contributed by atoms with Crippen molar-refractivity contribution in [2.45, 2.75) is 13.8 Å². The van der Waals surface area contributed by atoms with Gasteiger partial charge in [0.25, 0.3) is 0 Å². The Hall–Kier alpha value is -3.39. The molecule has 0 fully saturated rings. The van der Waals surface area contributed by atoms with Crippen LogP contribution < -0.4 is 10.7 Å². The van der Waals surface area contributed by atoms with Crippen molar-refractivity contribution in [3.63, 3.8) is 0 Å². The van der Waals surface area contributed by atoms with E-state index in [1.54, 1.807) is 12.1 Å². The Bertz CT molecular complexity index is 1470. The zero-order valence-electron chi connectivity index (χ0n) is 18.5. The van der Waals surface area contributed by atoms with Crippen LogP contribution in [0.4, 0.5) is 5.69 Å². The third-order valence-electron chi connectivity index (χ3n) is 4.85. The summed E-state index contributed by atoms with van der Waals surface area (Å²) in [6.07, 6.45) is 0. The molecule has 10 heteroatoms. The van der Waals surface area contributed by atoms with Crippen LogP contribution in [0, 0.1) is 0 Å². The normalized spacial score (nSPS) is 11.8. The number of carboxylic acids is 1.